The van der Waals surface area contributed by atoms with Crippen LogP contribution in [0.5, 0.6) is 0 Å². The summed E-state index contributed by atoms with van der Waals surface area (Å²) in [7, 11) is 0. The topological polar surface area (TPSA) is 80.9 Å². The van der Waals surface area contributed by atoms with Crippen molar-refractivity contribution < 1.29 is 20.4 Å². The molecule has 0 heterocycles. The minimum atomic E-state index is -0.352. The summed E-state index contributed by atoms with van der Waals surface area (Å²) in [5.41, 5.74) is 0. The van der Waals surface area contributed by atoms with Crippen molar-refractivity contribution >= 4 is 0 Å². The molecule has 0 aromatic heterocycles. The van der Waals surface area contributed by atoms with E-state index in [4.69, 9.17) is 20.4 Å². The van der Waals surface area contributed by atoms with Crippen molar-refractivity contribution in [3.8, 4) is 0 Å². The SMILES string of the molecule is CC(O)CCO.OCCCCCCCCCCCCO. The average molecular weight is 292 g/mol. The predicted octanol–water partition coefficient (Wildman–Crippen LogP) is 2.62. The molecule has 0 aromatic carbocycles. The highest BCUT2D eigenvalue weighted by Crippen LogP contribution is 2.10. The zero-order valence-electron chi connectivity index (χ0n) is 13.3. The quantitative estimate of drug-likeness (QED) is 0.393. The van der Waals surface area contributed by atoms with Gasteiger partial charge in [-0.25, -0.2) is 0 Å². The van der Waals surface area contributed by atoms with Crippen molar-refractivity contribution in [1.82, 2.24) is 0 Å². The molecule has 4 nitrogen and oxygen atoms in total. The third-order valence-corrected chi connectivity index (χ3v) is 3.11. The third kappa shape index (κ3) is 26.4. The van der Waals surface area contributed by atoms with Crippen LogP contribution < -0.4 is 0 Å². The fourth-order valence-electron chi connectivity index (χ4n) is 1.82. The molecule has 0 aromatic rings. The second kappa shape index (κ2) is 21.1. The second-order valence-electron chi connectivity index (χ2n) is 5.34. The monoisotopic (exact) mass is 292 g/mol. The Labute approximate surface area is 124 Å². The van der Waals surface area contributed by atoms with Crippen LogP contribution in [0.3, 0.4) is 0 Å². The highest BCUT2D eigenvalue weighted by molar-refractivity contribution is 4.47. The lowest BCUT2D eigenvalue weighted by Crippen LogP contribution is -2.00. The molecule has 1 unspecified atom stereocenters. The molecule has 1 atom stereocenters. The van der Waals surface area contributed by atoms with E-state index in [0.29, 0.717) is 19.6 Å². The normalized spacial score (nSPS) is 11.8. The fraction of sp³-hybridized carbons (Fsp3) is 1.00. The van der Waals surface area contributed by atoms with Crippen LogP contribution in [0.15, 0.2) is 0 Å². The van der Waals surface area contributed by atoms with E-state index in [2.05, 4.69) is 0 Å². The Morgan fingerprint density at radius 1 is 0.550 bits per heavy atom. The molecule has 0 saturated carbocycles. The van der Waals surface area contributed by atoms with Gasteiger partial charge in [0.05, 0.1) is 6.10 Å². The van der Waals surface area contributed by atoms with Crippen molar-refractivity contribution in [3.63, 3.8) is 0 Å². The molecule has 0 radical (unpaired) electrons. The largest absolute Gasteiger partial charge is 0.396 e. The summed E-state index contributed by atoms with van der Waals surface area (Å²) >= 11 is 0. The molecule has 4 heteroatoms. The molecule has 0 aliphatic rings. The molecule has 0 rings (SSSR count). The maximum Gasteiger partial charge on any atom is 0.0533 e. The number of unbranched alkanes of at least 4 members (excludes halogenated alkanes) is 9. The van der Waals surface area contributed by atoms with E-state index in [1.54, 1.807) is 6.92 Å². The van der Waals surface area contributed by atoms with Gasteiger partial charge in [0.2, 0.25) is 0 Å². The van der Waals surface area contributed by atoms with Crippen LogP contribution in [0.25, 0.3) is 0 Å². The lowest BCUT2D eigenvalue weighted by atomic mass is 10.1. The molecule has 4 N–H and O–H groups in total. The Bertz CT molecular complexity index is 139. The first-order valence-corrected chi connectivity index (χ1v) is 8.19. The standard InChI is InChI=1S/C12H26O2.C4H10O2/c13-11-9-7-5-3-1-2-4-6-8-10-12-14;1-4(6)2-3-5/h13-14H,1-12H2;4-6H,2-3H2,1H3. The molecule has 0 saturated heterocycles. The first kappa shape index (κ1) is 22.1. The summed E-state index contributed by atoms with van der Waals surface area (Å²) in [5, 5.41) is 33.6. The molecule has 0 fully saturated rings. The minimum absolute atomic E-state index is 0.0810. The van der Waals surface area contributed by atoms with Gasteiger partial charge >= 0.3 is 0 Å². The number of aliphatic hydroxyl groups excluding tert-OH is 4. The van der Waals surface area contributed by atoms with Gasteiger partial charge in [-0.2, -0.15) is 0 Å². The number of rotatable bonds is 13. The predicted molar refractivity (Wildman–Crippen MR) is 83.7 cm³/mol. The van der Waals surface area contributed by atoms with Crippen LogP contribution in [0, 0.1) is 0 Å². The molecule has 20 heavy (non-hydrogen) atoms. The van der Waals surface area contributed by atoms with E-state index < -0.39 is 0 Å². The lowest BCUT2D eigenvalue weighted by Gasteiger charge is -2.01. The summed E-state index contributed by atoms with van der Waals surface area (Å²) in [6.07, 6.45) is 12.3. The third-order valence-electron chi connectivity index (χ3n) is 3.11. The molecule has 0 bridgehead atoms. The Kier molecular flexibility index (Phi) is 23.4. The smallest absolute Gasteiger partial charge is 0.0533 e. The number of hydrogen-bond acceptors (Lipinski definition) is 4. The highest BCUT2D eigenvalue weighted by atomic mass is 16.3. The van der Waals surface area contributed by atoms with E-state index in [0.717, 1.165) is 12.8 Å². The van der Waals surface area contributed by atoms with Gasteiger partial charge in [0.1, 0.15) is 0 Å². The van der Waals surface area contributed by atoms with Gasteiger partial charge in [0.15, 0.2) is 0 Å². The Balaban J connectivity index is 0. The molecular formula is C16H36O4. The van der Waals surface area contributed by atoms with Gasteiger partial charge in [-0.3, -0.25) is 0 Å². The van der Waals surface area contributed by atoms with Crippen LogP contribution in [0.1, 0.15) is 77.6 Å². The molecule has 124 valence electrons. The molecule has 0 aliphatic heterocycles. The van der Waals surface area contributed by atoms with Gasteiger partial charge in [-0.05, 0) is 26.2 Å². The van der Waals surface area contributed by atoms with Crippen LogP contribution in [-0.4, -0.2) is 46.4 Å². The van der Waals surface area contributed by atoms with E-state index in [-0.39, 0.29) is 12.7 Å². The van der Waals surface area contributed by atoms with Gasteiger partial charge in [0, 0.05) is 19.8 Å². The zero-order chi connectivity index (χ0) is 15.5. The van der Waals surface area contributed by atoms with Gasteiger partial charge in [0.25, 0.3) is 0 Å². The Hall–Kier alpha value is -0.160. The van der Waals surface area contributed by atoms with Crippen LogP contribution in [0.4, 0.5) is 0 Å². The zero-order valence-corrected chi connectivity index (χ0v) is 13.3. The van der Waals surface area contributed by atoms with Crippen LogP contribution >= 0.6 is 0 Å². The highest BCUT2D eigenvalue weighted by Gasteiger charge is 1.92. The van der Waals surface area contributed by atoms with Crippen LogP contribution in [-0.2, 0) is 0 Å². The minimum Gasteiger partial charge on any atom is -0.396 e. The van der Waals surface area contributed by atoms with E-state index in [1.165, 1.54) is 51.4 Å². The molecule has 0 spiro atoms. The van der Waals surface area contributed by atoms with Gasteiger partial charge < -0.3 is 20.4 Å². The van der Waals surface area contributed by atoms with Crippen molar-refractivity contribution in [2.75, 3.05) is 19.8 Å². The van der Waals surface area contributed by atoms with E-state index in [9.17, 15) is 0 Å². The second-order valence-corrected chi connectivity index (χ2v) is 5.34. The maximum absolute atomic E-state index is 8.57. The Morgan fingerprint density at radius 2 is 0.850 bits per heavy atom. The fourth-order valence-corrected chi connectivity index (χ4v) is 1.82. The van der Waals surface area contributed by atoms with Gasteiger partial charge in [-0.15, -0.1) is 0 Å². The average Bonchev–Trinajstić information content (AvgIpc) is 2.41. The summed E-state index contributed by atoms with van der Waals surface area (Å²) in [6, 6.07) is 0. The maximum atomic E-state index is 8.57. The summed E-state index contributed by atoms with van der Waals surface area (Å²) in [6.45, 7) is 2.43. The Morgan fingerprint density at radius 3 is 1.00 bits per heavy atom. The van der Waals surface area contributed by atoms with Crippen molar-refractivity contribution in [1.29, 1.82) is 0 Å². The molecular weight excluding hydrogens is 256 g/mol. The number of hydrogen-bond donors (Lipinski definition) is 4. The number of aliphatic hydroxyl groups is 4. The summed E-state index contributed by atoms with van der Waals surface area (Å²) in [5.74, 6) is 0. The first-order valence-electron chi connectivity index (χ1n) is 8.19. The van der Waals surface area contributed by atoms with Crippen molar-refractivity contribution in [2.45, 2.75) is 83.7 Å². The summed E-state index contributed by atoms with van der Waals surface area (Å²) in [4.78, 5) is 0. The lowest BCUT2D eigenvalue weighted by molar-refractivity contribution is 0.148. The molecule has 0 aliphatic carbocycles. The first-order chi connectivity index (χ1) is 9.68. The van der Waals surface area contributed by atoms with Crippen molar-refractivity contribution in [2.24, 2.45) is 0 Å². The van der Waals surface area contributed by atoms with E-state index in [1.807, 2.05) is 0 Å². The van der Waals surface area contributed by atoms with Crippen LogP contribution in [0.2, 0.25) is 0 Å². The van der Waals surface area contributed by atoms with Crippen molar-refractivity contribution in [3.05, 3.63) is 0 Å². The summed E-state index contributed by atoms with van der Waals surface area (Å²) < 4.78 is 0. The molecule has 0 amide bonds. The van der Waals surface area contributed by atoms with Gasteiger partial charge in [-0.1, -0.05) is 51.4 Å². The van der Waals surface area contributed by atoms with E-state index >= 15 is 0 Å².